The number of aromatic carboxylic acids is 1. The lowest BCUT2D eigenvalue weighted by molar-refractivity contribution is -0.114. The first kappa shape index (κ1) is 27.0. The van der Waals surface area contributed by atoms with Crippen LogP contribution in [0.25, 0.3) is 44.7 Å². The highest BCUT2D eigenvalue weighted by Gasteiger charge is 2.16. The van der Waals surface area contributed by atoms with Crippen molar-refractivity contribution < 1.29 is 24.2 Å². The highest BCUT2D eigenvalue weighted by Crippen LogP contribution is 2.29. The van der Waals surface area contributed by atoms with Crippen molar-refractivity contribution in [1.82, 2.24) is 30.0 Å². The Morgan fingerprint density at radius 2 is 1.40 bits per heavy atom. The molecule has 0 spiro atoms. The van der Waals surface area contributed by atoms with Crippen molar-refractivity contribution in [3.8, 4) is 33.9 Å². The molecule has 212 valence electrons. The summed E-state index contributed by atoms with van der Waals surface area (Å²) in [6.45, 7) is 1.39. The maximum absolute atomic E-state index is 12.1. The monoisotopic (exact) mass is 573 g/mol. The molecule has 0 saturated heterocycles. The number of benzene rings is 4. The van der Waals surface area contributed by atoms with Crippen molar-refractivity contribution in [2.45, 2.75) is 6.92 Å². The highest BCUT2D eigenvalue weighted by molar-refractivity contribution is 6.06. The minimum Gasteiger partial charge on any atom is -0.478 e. The molecule has 0 aliphatic rings. The van der Waals surface area contributed by atoms with Crippen molar-refractivity contribution in [2.75, 3.05) is 12.4 Å². The molecule has 0 unspecified atom stereocenters. The number of ether oxygens (including phenoxy) is 1. The first-order valence-corrected chi connectivity index (χ1v) is 13.0. The summed E-state index contributed by atoms with van der Waals surface area (Å²) in [5.41, 5.74) is 4.75. The predicted molar refractivity (Wildman–Crippen MR) is 157 cm³/mol. The van der Waals surface area contributed by atoms with Gasteiger partial charge in [-0.3, -0.25) is 4.79 Å². The van der Waals surface area contributed by atoms with Crippen LogP contribution in [0.5, 0.6) is 0 Å². The number of nitrogens with one attached hydrogen (secondary N) is 1. The number of rotatable bonds is 7. The molecule has 0 bridgehead atoms. The van der Waals surface area contributed by atoms with Gasteiger partial charge in [0.15, 0.2) is 0 Å². The van der Waals surface area contributed by atoms with Crippen LogP contribution in [0.3, 0.4) is 0 Å². The van der Waals surface area contributed by atoms with Gasteiger partial charge in [-0.2, -0.15) is 0 Å². The highest BCUT2D eigenvalue weighted by atomic mass is 16.5. The van der Waals surface area contributed by atoms with Crippen LogP contribution in [0.15, 0.2) is 91.3 Å². The summed E-state index contributed by atoms with van der Waals surface area (Å²) in [5.74, 6) is -1.81. The molecule has 4 aromatic carbocycles. The number of methoxy groups -OCH3 is 1. The van der Waals surface area contributed by atoms with Gasteiger partial charge in [0.05, 0.1) is 47.7 Å². The van der Waals surface area contributed by atoms with Crippen LogP contribution in [-0.2, 0) is 9.53 Å². The summed E-state index contributed by atoms with van der Waals surface area (Å²) in [7, 11) is 1.29. The molecule has 2 heterocycles. The molecule has 0 aliphatic carbocycles. The standard InChI is InChI=1S/C31H23N7O5/c1-18(39)32-25-13-12-21(31(42)43-2)15-29(25)38-17-27(34-36-38)20-7-3-6-19(14-20)26-16-37(35-33-26)28-11-5-8-22-23(28)9-4-10-24(22)30(40)41/h3-17H,1-2H3,(H,32,39)(H,40,41). The lowest BCUT2D eigenvalue weighted by Crippen LogP contribution is -2.11. The normalized spacial score (nSPS) is 10.9. The van der Waals surface area contributed by atoms with E-state index in [1.165, 1.54) is 18.7 Å². The fourth-order valence-electron chi connectivity index (χ4n) is 4.81. The third kappa shape index (κ3) is 5.20. The van der Waals surface area contributed by atoms with Gasteiger partial charge in [-0.15, -0.1) is 10.2 Å². The van der Waals surface area contributed by atoms with E-state index in [0.717, 1.165) is 16.5 Å². The summed E-state index contributed by atoms with van der Waals surface area (Å²) >= 11 is 0. The minimum atomic E-state index is -1.00. The zero-order valence-corrected chi connectivity index (χ0v) is 22.9. The molecule has 0 saturated carbocycles. The zero-order valence-electron chi connectivity index (χ0n) is 22.9. The van der Waals surface area contributed by atoms with Gasteiger partial charge in [0.2, 0.25) is 5.91 Å². The van der Waals surface area contributed by atoms with Gasteiger partial charge in [-0.1, -0.05) is 52.9 Å². The number of carboxylic acid groups (broad SMARTS) is 1. The molecule has 0 aliphatic heterocycles. The summed E-state index contributed by atoms with van der Waals surface area (Å²) in [5, 5.41) is 30.9. The van der Waals surface area contributed by atoms with Gasteiger partial charge in [-0.05, 0) is 41.8 Å². The summed E-state index contributed by atoms with van der Waals surface area (Å²) in [6.07, 6.45) is 3.46. The lowest BCUT2D eigenvalue weighted by atomic mass is 10.0. The first-order chi connectivity index (χ1) is 20.8. The van der Waals surface area contributed by atoms with Crippen molar-refractivity contribution >= 4 is 34.3 Å². The van der Waals surface area contributed by atoms with Crippen molar-refractivity contribution in [3.63, 3.8) is 0 Å². The SMILES string of the molecule is COC(=O)c1ccc(NC(C)=O)c(-n2cc(-c3cccc(-c4cn(-c5cccc6c(C(=O)O)cccc56)nn4)c3)nn2)c1. The molecule has 2 N–H and O–H groups in total. The Kier molecular flexibility index (Phi) is 6.92. The van der Waals surface area contributed by atoms with E-state index >= 15 is 0 Å². The molecule has 43 heavy (non-hydrogen) atoms. The lowest BCUT2D eigenvalue weighted by Gasteiger charge is -2.11. The fraction of sp³-hybridized carbons (Fsp3) is 0.0645. The molecular weight excluding hydrogens is 550 g/mol. The second kappa shape index (κ2) is 11.0. The third-order valence-electron chi connectivity index (χ3n) is 6.79. The van der Waals surface area contributed by atoms with Gasteiger partial charge in [0.25, 0.3) is 0 Å². The number of anilines is 1. The first-order valence-electron chi connectivity index (χ1n) is 13.0. The summed E-state index contributed by atoms with van der Waals surface area (Å²) in [6, 6.07) is 22.8. The van der Waals surface area contributed by atoms with E-state index in [4.69, 9.17) is 4.74 Å². The van der Waals surface area contributed by atoms with Crippen LogP contribution in [0, 0.1) is 0 Å². The van der Waals surface area contributed by atoms with E-state index < -0.39 is 11.9 Å². The number of carboxylic acids is 1. The Morgan fingerprint density at radius 1 is 0.767 bits per heavy atom. The number of hydrogen-bond donors (Lipinski definition) is 2. The number of fused-ring (bicyclic) bond motifs is 1. The molecule has 6 rings (SSSR count). The zero-order chi connectivity index (χ0) is 30.1. The van der Waals surface area contributed by atoms with Crippen LogP contribution in [0.4, 0.5) is 5.69 Å². The number of carbonyl (C=O) groups excluding carboxylic acids is 2. The van der Waals surface area contributed by atoms with Gasteiger partial charge in [0.1, 0.15) is 11.4 Å². The van der Waals surface area contributed by atoms with Gasteiger partial charge < -0.3 is 15.2 Å². The maximum atomic E-state index is 12.1. The van der Waals surface area contributed by atoms with E-state index in [0.29, 0.717) is 39.4 Å². The topological polar surface area (TPSA) is 154 Å². The van der Waals surface area contributed by atoms with Crippen LogP contribution in [0.2, 0.25) is 0 Å². The smallest absolute Gasteiger partial charge is 0.337 e. The largest absolute Gasteiger partial charge is 0.478 e. The molecular formula is C31H23N7O5. The Labute approximate surface area is 244 Å². The van der Waals surface area contributed by atoms with E-state index in [9.17, 15) is 19.5 Å². The van der Waals surface area contributed by atoms with Crippen LogP contribution in [-0.4, -0.2) is 60.0 Å². The Bertz CT molecular complexity index is 2050. The fourth-order valence-corrected chi connectivity index (χ4v) is 4.81. The Morgan fingerprint density at radius 3 is 2.05 bits per heavy atom. The van der Waals surface area contributed by atoms with E-state index in [1.54, 1.807) is 59.5 Å². The molecule has 6 aromatic rings. The average Bonchev–Trinajstić information content (AvgIpc) is 3.71. The second-order valence-corrected chi connectivity index (χ2v) is 9.57. The van der Waals surface area contributed by atoms with Gasteiger partial charge in [-0.25, -0.2) is 19.0 Å². The molecule has 0 atom stereocenters. The van der Waals surface area contributed by atoms with Crippen LogP contribution < -0.4 is 5.32 Å². The molecule has 0 fully saturated rings. The Balaban J connectivity index is 1.34. The summed E-state index contributed by atoms with van der Waals surface area (Å²) < 4.78 is 7.92. The Hall–Kier alpha value is -6.17. The van der Waals surface area contributed by atoms with Crippen molar-refractivity contribution in [1.29, 1.82) is 0 Å². The molecule has 12 nitrogen and oxygen atoms in total. The van der Waals surface area contributed by atoms with Crippen molar-refractivity contribution in [2.24, 2.45) is 0 Å². The predicted octanol–water partition coefficient (Wildman–Crippen LogP) is 4.78. The minimum absolute atomic E-state index is 0.210. The third-order valence-corrected chi connectivity index (χ3v) is 6.79. The maximum Gasteiger partial charge on any atom is 0.337 e. The number of amides is 1. The molecule has 1 amide bonds. The molecule has 0 radical (unpaired) electrons. The summed E-state index contributed by atoms with van der Waals surface area (Å²) in [4.78, 5) is 35.6. The number of aromatic nitrogens is 6. The number of nitrogens with zero attached hydrogens (tertiary/aromatic N) is 6. The number of carbonyl (C=O) groups is 3. The van der Waals surface area contributed by atoms with Crippen LogP contribution >= 0.6 is 0 Å². The second-order valence-electron chi connectivity index (χ2n) is 9.57. The number of esters is 1. The van der Waals surface area contributed by atoms with E-state index in [-0.39, 0.29) is 11.5 Å². The van der Waals surface area contributed by atoms with Gasteiger partial charge in [0, 0.05) is 23.4 Å². The molecule has 12 heteroatoms. The van der Waals surface area contributed by atoms with Gasteiger partial charge >= 0.3 is 11.9 Å². The molecule has 2 aromatic heterocycles. The van der Waals surface area contributed by atoms with Crippen molar-refractivity contribution in [3.05, 3.63) is 102 Å². The quantitative estimate of drug-likeness (QED) is 0.257. The van der Waals surface area contributed by atoms with E-state index in [1.807, 2.05) is 36.4 Å². The average molecular weight is 574 g/mol. The van der Waals surface area contributed by atoms with Crippen LogP contribution in [0.1, 0.15) is 27.6 Å². The number of hydrogen-bond acceptors (Lipinski definition) is 8. The van der Waals surface area contributed by atoms with E-state index in [2.05, 4.69) is 25.9 Å².